The molecule has 0 radical (unpaired) electrons. The molecule has 1 aliphatic rings. The van der Waals surface area contributed by atoms with E-state index in [0.29, 0.717) is 0 Å². The van der Waals surface area contributed by atoms with Crippen molar-refractivity contribution in [2.75, 3.05) is 53.5 Å². The summed E-state index contributed by atoms with van der Waals surface area (Å²) >= 11 is 0. The summed E-state index contributed by atoms with van der Waals surface area (Å²) in [4.78, 5) is 10.8. The predicted octanol–water partition coefficient (Wildman–Crippen LogP) is 4.41. The maximum absolute atomic E-state index is 5.52. The van der Waals surface area contributed by atoms with E-state index >= 15 is 0 Å². The van der Waals surface area contributed by atoms with Crippen LogP contribution in [0.25, 0.3) is 10.9 Å². The number of rotatable bonds is 11. The number of piperidine rings is 1. The van der Waals surface area contributed by atoms with Crippen LogP contribution in [-0.4, -0.2) is 69.3 Å². The average molecular weight is 572 g/mol. The second-order valence-electron chi connectivity index (χ2n) is 8.54. The Morgan fingerprint density at radius 2 is 1.91 bits per heavy atom. The largest absolute Gasteiger partial charge is 0.497 e. The zero-order valence-electron chi connectivity index (χ0n) is 20.7. The van der Waals surface area contributed by atoms with E-state index in [1.54, 1.807) is 14.2 Å². The lowest BCUT2D eigenvalue weighted by atomic mass is 9.93. The number of likely N-dealkylation sites (tertiary alicyclic amines) is 1. The summed E-state index contributed by atoms with van der Waals surface area (Å²) in [6.45, 7) is 10.7. The molecule has 2 heterocycles. The lowest BCUT2D eigenvalue weighted by Gasteiger charge is -2.31. The number of ether oxygens (including phenoxy) is 2. The van der Waals surface area contributed by atoms with Crippen molar-refractivity contribution in [1.29, 1.82) is 0 Å². The maximum atomic E-state index is 5.52. The first-order valence-electron chi connectivity index (χ1n) is 12.1. The molecule has 186 valence electrons. The summed E-state index contributed by atoms with van der Waals surface area (Å²) in [5.74, 6) is 3.40. The highest BCUT2D eigenvalue weighted by atomic mass is 127. The SMILES string of the molecule is CCNC(=NCCCc1cc2c(OC)cc(OC)cc2[nH]1)NCCC1CCN(CC)CC1.I. The summed E-state index contributed by atoms with van der Waals surface area (Å²) in [6, 6.07) is 6.11. The highest BCUT2D eigenvalue weighted by Crippen LogP contribution is 2.31. The first-order chi connectivity index (χ1) is 15.7. The highest BCUT2D eigenvalue weighted by molar-refractivity contribution is 14.0. The van der Waals surface area contributed by atoms with Gasteiger partial charge < -0.3 is 30.0 Å². The van der Waals surface area contributed by atoms with Gasteiger partial charge in [-0.25, -0.2) is 0 Å². The van der Waals surface area contributed by atoms with E-state index in [0.717, 1.165) is 66.8 Å². The lowest BCUT2D eigenvalue weighted by molar-refractivity contribution is 0.187. The number of aromatic nitrogens is 1. The van der Waals surface area contributed by atoms with Crippen molar-refractivity contribution in [3.63, 3.8) is 0 Å². The third-order valence-electron chi connectivity index (χ3n) is 6.40. The van der Waals surface area contributed by atoms with Crippen molar-refractivity contribution < 1.29 is 9.47 Å². The number of nitrogens with one attached hydrogen (secondary N) is 3. The highest BCUT2D eigenvalue weighted by Gasteiger charge is 2.17. The summed E-state index contributed by atoms with van der Waals surface area (Å²) < 4.78 is 10.9. The molecule has 2 aromatic rings. The van der Waals surface area contributed by atoms with Crippen LogP contribution in [0.1, 0.15) is 45.2 Å². The number of aromatic amines is 1. The van der Waals surface area contributed by atoms with Crippen LogP contribution >= 0.6 is 24.0 Å². The summed E-state index contributed by atoms with van der Waals surface area (Å²) in [6.07, 6.45) is 5.80. The number of benzene rings is 1. The zero-order chi connectivity index (χ0) is 22.8. The molecule has 0 saturated carbocycles. The summed E-state index contributed by atoms with van der Waals surface area (Å²) in [5.41, 5.74) is 2.23. The van der Waals surface area contributed by atoms with Crippen LogP contribution < -0.4 is 20.1 Å². The van der Waals surface area contributed by atoms with E-state index in [-0.39, 0.29) is 24.0 Å². The van der Waals surface area contributed by atoms with Crippen molar-refractivity contribution in [3.8, 4) is 11.5 Å². The quantitative estimate of drug-likeness (QED) is 0.161. The van der Waals surface area contributed by atoms with E-state index < -0.39 is 0 Å². The Kier molecular flexibility index (Phi) is 12.2. The Morgan fingerprint density at radius 1 is 1.12 bits per heavy atom. The second kappa shape index (κ2) is 14.6. The summed E-state index contributed by atoms with van der Waals surface area (Å²) in [5, 5.41) is 7.99. The van der Waals surface area contributed by atoms with Gasteiger partial charge in [0.2, 0.25) is 0 Å². The first kappa shape index (κ1) is 27.6. The lowest BCUT2D eigenvalue weighted by Crippen LogP contribution is -2.39. The number of methoxy groups -OCH3 is 2. The topological polar surface area (TPSA) is 73.9 Å². The van der Waals surface area contributed by atoms with E-state index in [4.69, 9.17) is 14.5 Å². The van der Waals surface area contributed by atoms with Gasteiger partial charge in [0.05, 0.1) is 19.7 Å². The molecular formula is C25H42IN5O2. The third kappa shape index (κ3) is 8.24. The van der Waals surface area contributed by atoms with Gasteiger partial charge in [0, 0.05) is 42.8 Å². The van der Waals surface area contributed by atoms with E-state index in [1.165, 1.54) is 44.6 Å². The van der Waals surface area contributed by atoms with Crippen LogP contribution in [-0.2, 0) is 6.42 Å². The molecule has 0 atom stereocenters. The Bertz CT molecular complexity index is 862. The molecule has 7 nitrogen and oxygen atoms in total. The van der Waals surface area contributed by atoms with Gasteiger partial charge in [0.25, 0.3) is 0 Å². The van der Waals surface area contributed by atoms with Gasteiger partial charge in [-0.05, 0) is 70.6 Å². The molecule has 8 heteroatoms. The van der Waals surface area contributed by atoms with Crippen molar-refractivity contribution in [1.82, 2.24) is 20.5 Å². The second-order valence-corrected chi connectivity index (χ2v) is 8.54. The third-order valence-corrected chi connectivity index (χ3v) is 6.40. The summed E-state index contributed by atoms with van der Waals surface area (Å²) in [7, 11) is 3.37. The molecule has 0 amide bonds. The standard InChI is InChI=1S/C25H41N5O2.HI/c1-5-26-25(28-13-9-19-10-14-30(6-2)15-11-19)27-12-7-8-20-16-22-23(29-20)17-21(31-3)18-24(22)32-4;/h16-19,29H,5-15H2,1-4H3,(H2,26,27,28);1H. The van der Waals surface area contributed by atoms with Gasteiger partial charge >= 0.3 is 0 Å². The number of hydrogen-bond donors (Lipinski definition) is 3. The molecule has 3 rings (SSSR count). The fourth-order valence-corrected chi connectivity index (χ4v) is 4.45. The predicted molar refractivity (Wildman–Crippen MR) is 149 cm³/mol. The van der Waals surface area contributed by atoms with Crippen LogP contribution in [0.15, 0.2) is 23.2 Å². The van der Waals surface area contributed by atoms with Crippen molar-refractivity contribution >= 4 is 40.8 Å². The molecular weight excluding hydrogens is 529 g/mol. The molecule has 0 aliphatic carbocycles. The van der Waals surface area contributed by atoms with Crippen LogP contribution in [0.3, 0.4) is 0 Å². The number of nitrogens with zero attached hydrogens (tertiary/aromatic N) is 2. The molecule has 0 bridgehead atoms. The van der Waals surface area contributed by atoms with Crippen LogP contribution in [0.5, 0.6) is 11.5 Å². The normalized spacial score (nSPS) is 15.3. The first-order valence-corrected chi connectivity index (χ1v) is 12.1. The van der Waals surface area contributed by atoms with E-state index in [1.807, 2.05) is 12.1 Å². The minimum Gasteiger partial charge on any atom is -0.497 e. The minimum absolute atomic E-state index is 0. The van der Waals surface area contributed by atoms with E-state index in [2.05, 4.69) is 40.4 Å². The van der Waals surface area contributed by atoms with Gasteiger partial charge in [-0.15, -0.1) is 24.0 Å². The zero-order valence-corrected chi connectivity index (χ0v) is 23.0. The Balaban J connectivity index is 0.00000385. The monoisotopic (exact) mass is 571 g/mol. The van der Waals surface area contributed by atoms with Gasteiger partial charge in [-0.2, -0.15) is 0 Å². The molecule has 33 heavy (non-hydrogen) atoms. The molecule has 0 spiro atoms. The van der Waals surface area contributed by atoms with Gasteiger partial charge in [0.1, 0.15) is 11.5 Å². The average Bonchev–Trinajstić information content (AvgIpc) is 3.24. The van der Waals surface area contributed by atoms with Crippen molar-refractivity contribution in [3.05, 3.63) is 23.9 Å². The molecule has 1 fully saturated rings. The molecule has 1 saturated heterocycles. The minimum atomic E-state index is 0. The smallest absolute Gasteiger partial charge is 0.191 e. The Hall–Kier alpha value is -1.68. The van der Waals surface area contributed by atoms with E-state index in [9.17, 15) is 0 Å². The molecule has 3 N–H and O–H groups in total. The number of H-pyrrole nitrogens is 1. The Labute approximate surface area is 216 Å². The van der Waals surface area contributed by atoms with Crippen LogP contribution in [0.2, 0.25) is 0 Å². The molecule has 1 aromatic heterocycles. The fourth-order valence-electron chi connectivity index (χ4n) is 4.45. The van der Waals surface area contributed by atoms with Crippen LogP contribution in [0, 0.1) is 5.92 Å². The van der Waals surface area contributed by atoms with Crippen LogP contribution in [0.4, 0.5) is 0 Å². The molecule has 1 aromatic carbocycles. The number of guanidine groups is 1. The number of fused-ring (bicyclic) bond motifs is 1. The van der Waals surface area contributed by atoms with Crippen molar-refractivity contribution in [2.24, 2.45) is 10.9 Å². The number of aliphatic imine (C=N–C) groups is 1. The van der Waals surface area contributed by atoms with Gasteiger partial charge in [-0.1, -0.05) is 6.92 Å². The number of halogens is 1. The van der Waals surface area contributed by atoms with Gasteiger partial charge in [-0.3, -0.25) is 4.99 Å². The Morgan fingerprint density at radius 3 is 2.58 bits per heavy atom. The number of hydrogen-bond acceptors (Lipinski definition) is 4. The van der Waals surface area contributed by atoms with Crippen molar-refractivity contribution in [2.45, 2.75) is 46.0 Å². The number of aryl methyl sites for hydroxylation is 1. The van der Waals surface area contributed by atoms with Gasteiger partial charge in [0.15, 0.2) is 5.96 Å². The fraction of sp³-hybridized carbons (Fsp3) is 0.640. The molecule has 1 aliphatic heterocycles. The maximum Gasteiger partial charge on any atom is 0.191 e. The molecule has 0 unspecified atom stereocenters.